The summed E-state index contributed by atoms with van der Waals surface area (Å²) in [6.45, 7) is 6.12. The van der Waals surface area contributed by atoms with Crippen LogP contribution in [0, 0.1) is 20.8 Å². The van der Waals surface area contributed by atoms with Crippen LogP contribution in [0.5, 0.6) is 0 Å². The van der Waals surface area contributed by atoms with E-state index in [2.05, 4.69) is 42.2 Å². The second-order valence-electron chi connectivity index (χ2n) is 5.53. The summed E-state index contributed by atoms with van der Waals surface area (Å²) < 4.78 is 3.61. The van der Waals surface area contributed by atoms with E-state index in [-0.39, 0.29) is 0 Å². The number of aromatic nitrogens is 4. The molecule has 2 N–H and O–H groups in total. The van der Waals surface area contributed by atoms with E-state index in [1.165, 1.54) is 11.1 Å². The molecule has 5 nitrogen and oxygen atoms in total. The molecular formula is C16H19N5. The first-order chi connectivity index (χ1) is 9.94. The summed E-state index contributed by atoms with van der Waals surface area (Å²) in [5.41, 5.74) is 12.9. The zero-order chi connectivity index (χ0) is 15.1. The number of hydrogen-bond donors (Lipinski definition) is 1. The highest BCUT2D eigenvalue weighted by Crippen LogP contribution is 2.27. The van der Waals surface area contributed by atoms with Crippen molar-refractivity contribution in [2.24, 2.45) is 7.05 Å². The third-order valence-corrected chi connectivity index (χ3v) is 3.48. The zero-order valence-corrected chi connectivity index (χ0v) is 12.8. The smallest absolute Gasteiger partial charge is 0.119 e. The van der Waals surface area contributed by atoms with Crippen LogP contribution in [-0.4, -0.2) is 19.6 Å². The average molecular weight is 281 g/mol. The molecule has 0 spiro atoms. The fraction of sp³-hybridized carbons (Fsp3) is 0.250. The molecule has 2 heterocycles. The molecular weight excluding hydrogens is 262 g/mol. The van der Waals surface area contributed by atoms with Gasteiger partial charge in [-0.3, -0.25) is 4.68 Å². The molecule has 0 amide bonds. The Morgan fingerprint density at radius 2 is 1.62 bits per heavy atom. The van der Waals surface area contributed by atoms with Gasteiger partial charge in [0.05, 0.1) is 23.3 Å². The number of nitrogens with zero attached hydrogens (tertiary/aromatic N) is 4. The number of nitrogens with two attached hydrogens (primary N) is 1. The topological polar surface area (TPSA) is 61.7 Å². The zero-order valence-electron chi connectivity index (χ0n) is 12.8. The van der Waals surface area contributed by atoms with Crippen molar-refractivity contribution in [1.82, 2.24) is 19.6 Å². The van der Waals surface area contributed by atoms with Crippen LogP contribution in [0.25, 0.3) is 16.9 Å². The van der Waals surface area contributed by atoms with Gasteiger partial charge in [0, 0.05) is 18.8 Å². The van der Waals surface area contributed by atoms with E-state index in [0.717, 1.165) is 22.6 Å². The van der Waals surface area contributed by atoms with Crippen molar-refractivity contribution >= 4 is 5.69 Å². The minimum absolute atomic E-state index is 0.658. The first-order valence-electron chi connectivity index (χ1n) is 6.88. The molecule has 21 heavy (non-hydrogen) atoms. The number of benzene rings is 1. The second kappa shape index (κ2) is 4.77. The molecule has 108 valence electrons. The first kappa shape index (κ1) is 13.4. The highest BCUT2D eigenvalue weighted by Gasteiger charge is 2.14. The van der Waals surface area contributed by atoms with Gasteiger partial charge in [-0.2, -0.15) is 10.2 Å². The van der Waals surface area contributed by atoms with Crippen LogP contribution < -0.4 is 5.73 Å². The van der Waals surface area contributed by atoms with Crippen molar-refractivity contribution in [2.45, 2.75) is 20.8 Å². The number of hydrogen-bond acceptors (Lipinski definition) is 3. The van der Waals surface area contributed by atoms with Crippen LogP contribution >= 0.6 is 0 Å². The maximum atomic E-state index is 6.14. The van der Waals surface area contributed by atoms with Crippen molar-refractivity contribution in [3.8, 4) is 16.9 Å². The van der Waals surface area contributed by atoms with Crippen molar-refractivity contribution in [2.75, 3.05) is 5.73 Å². The highest BCUT2D eigenvalue weighted by molar-refractivity contribution is 5.73. The normalized spacial score (nSPS) is 11.0. The van der Waals surface area contributed by atoms with E-state index in [0.29, 0.717) is 5.69 Å². The Balaban J connectivity index is 2.11. The Hall–Kier alpha value is -2.56. The van der Waals surface area contributed by atoms with E-state index in [9.17, 15) is 0 Å². The summed E-state index contributed by atoms with van der Waals surface area (Å²) in [5.74, 6) is 0. The Morgan fingerprint density at radius 3 is 2.19 bits per heavy atom. The lowest BCUT2D eigenvalue weighted by molar-refractivity contribution is 0.756. The molecule has 0 radical (unpaired) electrons. The molecule has 0 fully saturated rings. The van der Waals surface area contributed by atoms with Crippen LogP contribution in [0.4, 0.5) is 5.69 Å². The lowest BCUT2D eigenvalue weighted by Crippen LogP contribution is -1.96. The third-order valence-electron chi connectivity index (χ3n) is 3.48. The van der Waals surface area contributed by atoms with Gasteiger partial charge in [-0.15, -0.1) is 0 Å². The van der Waals surface area contributed by atoms with Gasteiger partial charge in [0.15, 0.2) is 0 Å². The maximum absolute atomic E-state index is 6.14. The quantitative estimate of drug-likeness (QED) is 0.785. The van der Waals surface area contributed by atoms with Gasteiger partial charge in [-0.25, -0.2) is 4.68 Å². The lowest BCUT2D eigenvalue weighted by Gasteiger charge is -2.04. The van der Waals surface area contributed by atoms with Gasteiger partial charge in [0.2, 0.25) is 0 Å². The van der Waals surface area contributed by atoms with Gasteiger partial charge >= 0.3 is 0 Å². The molecule has 0 unspecified atom stereocenters. The number of aryl methyl sites for hydroxylation is 4. The predicted molar refractivity (Wildman–Crippen MR) is 84.4 cm³/mol. The molecule has 0 saturated heterocycles. The molecule has 0 atom stereocenters. The number of rotatable bonds is 2. The lowest BCUT2D eigenvalue weighted by atomic mass is 10.1. The summed E-state index contributed by atoms with van der Waals surface area (Å²) >= 11 is 0. The van der Waals surface area contributed by atoms with E-state index < -0.39 is 0 Å². The largest absolute Gasteiger partial charge is 0.396 e. The summed E-state index contributed by atoms with van der Waals surface area (Å²) in [4.78, 5) is 0. The van der Waals surface area contributed by atoms with Crippen LogP contribution in [0.3, 0.4) is 0 Å². The first-order valence-corrected chi connectivity index (χ1v) is 6.88. The molecule has 0 aliphatic heterocycles. The average Bonchev–Trinajstić information content (AvgIpc) is 2.91. The molecule has 5 heteroatoms. The van der Waals surface area contributed by atoms with Gasteiger partial charge in [-0.1, -0.05) is 6.07 Å². The monoisotopic (exact) mass is 281 g/mol. The molecule has 3 rings (SSSR count). The Bertz CT molecular complexity index is 790. The molecule has 0 saturated carbocycles. The summed E-state index contributed by atoms with van der Waals surface area (Å²) in [6.07, 6.45) is 3.80. The molecule has 3 aromatic rings. The van der Waals surface area contributed by atoms with Gasteiger partial charge < -0.3 is 5.73 Å². The number of anilines is 1. The van der Waals surface area contributed by atoms with E-state index in [1.807, 2.05) is 31.0 Å². The summed E-state index contributed by atoms with van der Waals surface area (Å²) in [5, 5.41) is 9.00. The van der Waals surface area contributed by atoms with Crippen LogP contribution in [0.2, 0.25) is 0 Å². The van der Waals surface area contributed by atoms with E-state index in [4.69, 9.17) is 5.73 Å². The van der Waals surface area contributed by atoms with Crippen molar-refractivity contribution < 1.29 is 0 Å². The van der Waals surface area contributed by atoms with Crippen LogP contribution in [-0.2, 0) is 7.05 Å². The van der Waals surface area contributed by atoms with E-state index in [1.54, 1.807) is 4.68 Å². The summed E-state index contributed by atoms with van der Waals surface area (Å²) in [7, 11) is 1.90. The Labute approximate surface area is 124 Å². The summed E-state index contributed by atoms with van der Waals surface area (Å²) in [6, 6.07) is 6.33. The minimum Gasteiger partial charge on any atom is -0.396 e. The van der Waals surface area contributed by atoms with Crippen LogP contribution in [0.15, 0.2) is 30.6 Å². The van der Waals surface area contributed by atoms with Crippen LogP contribution in [0.1, 0.15) is 16.8 Å². The van der Waals surface area contributed by atoms with Gasteiger partial charge in [0.1, 0.15) is 5.69 Å². The Kier molecular flexibility index (Phi) is 3.05. The third kappa shape index (κ3) is 2.42. The maximum Gasteiger partial charge on any atom is 0.119 e. The minimum atomic E-state index is 0.658. The second-order valence-corrected chi connectivity index (χ2v) is 5.53. The predicted octanol–water partition coefficient (Wildman–Crippen LogP) is 2.78. The van der Waals surface area contributed by atoms with Gasteiger partial charge in [-0.05, 0) is 44.0 Å². The SMILES string of the molecule is Cc1cc(C)cc(-n2cc(N)c(-c3cn(C)nc3C)n2)c1. The fourth-order valence-corrected chi connectivity index (χ4v) is 2.64. The molecule has 1 aromatic carbocycles. The van der Waals surface area contributed by atoms with Crippen molar-refractivity contribution in [1.29, 1.82) is 0 Å². The molecule has 0 bridgehead atoms. The van der Waals surface area contributed by atoms with Crippen molar-refractivity contribution in [3.05, 3.63) is 47.4 Å². The van der Waals surface area contributed by atoms with E-state index >= 15 is 0 Å². The molecule has 2 aromatic heterocycles. The van der Waals surface area contributed by atoms with Gasteiger partial charge in [0.25, 0.3) is 0 Å². The number of nitrogen functional groups attached to an aromatic ring is 1. The fourth-order valence-electron chi connectivity index (χ4n) is 2.64. The Morgan fingerprint density at radius 1 is 0.952 bits per heavy atom. The highest BCUT2D eigenvalue weighted by atomic mass is 15.3. The van der Waals surface area contributed by atoms with Crippen molar-refractivity contribution in [3.63, 3.8) is 0 Å². The standard InChI is InChI=1S/C16H19N5/c1-10-5-11(2)7-13(6-10)21-9-15(17)16(19-21)14-8-20(4)18-12(14)3/h5-9H,17H2,1-4H3. The molecule has 0 aliphatic carbocycles. The molecule has 0 aliphatic rings.